The SMILES string of the molecule is O=C(NN=Cc1cccc(OC(=O)c2ccc([N+](=O)[O-])cc2)c1)c1ccc(O)cc1. The number of nitro benzene ring substituents is 1. The molecule has 30 heavy (non-hydrogen) atoms. The van der Waals surface area contributed by atoms with E-state index in [0.717, 1.165) is 0 Å². The number of carbonyl (C=O) groups is 2. The summed E-state index contributed by atoms with van der Waals surface area (Å²) in [6, 6.07) is 17.2. The standard InChI is InChI=1S/C21H15N3O6/c25-18-10-6-15(7-11-18)20(26)23-22-13-14-2-1-3-19(12-14)30-21(27)16-4-8-17(9-5-16)24(28)29/h1-13,25H,(H,23,26). The molecule has 0 atom stereocenters. The van der Waals surface area contributed by atoms with Crippen molar-refractivity contribution in [3.8, 4) is 11.5 Å². The fourth-order valence-corrected chi connectivity index (χ4v) is 2.39. The quantitative estimate of drug-likeness (QED) is 0.213. The Morgan fingerprint density at radius 2 is 1.67 bits per heavy atom. The summed E-state index contributed by atoms with van der Waals surface area (Å²) in [7, 11) is 0. The molecule has 0 unspecified atom stereocenters. The van der Waals surface area contributed by atoms with Crippen molar-refractivity contribution in [3.63, 3.8) is 0 Å². The van der Waals surface area contributed by atoms with Gasteiger partial charge in [0.1, 0.15) is 11.5 Å². The summed E-state index contributed by atoms with van der Waals surface area (Å²) in [5, 5.41) is 23.8. The Kier molecular flexibility index (Phi) is 6.14. The van der Waals surface area contributed by atoms with Gasteiger partial charge in [-0.15, -0.1) is 0 Å². The van der Waals surface area contributed by atoms with Gasteiger partial charge in [0.15, 0.2) is 0 Å². The van der Waals surface area contributed by atoms with Gasteiger partial charge in [0.25, 0.3) is 11.6 Å². The van der Waals surface area contributed by atoms with Crippen molar-refractivity contribution in [3.05, 3.63) is 99.6 Å². The van der Waals surface area contributed by atoms with Gasteiger partial charge >= 0.3 is 5.97 Å². The summed E-state index contributed by atoms with van der Waals surface area (Å²) in [6.45, 7) is 0. The third-order valence-corrected chi connectivity index (χ3v) is 3.89. The lowest BCUT2D eigenvalue weighted by molar-refractivity contribution is -0.384. The largest absolute Gasteiger partial charge is 0.508 e. The maximum Gasteiger partial charge on any atom is 0.343 e. The summed E-state index contributed by atoms with van der Waals surface area (Å²) < 4.78 is 5.27. The molecule has 3 aromatic rings. The number of rotatable bonds is 6. The second kappa shape index (κ2) is 9.11. The molecule has 2 N–H and O–H groups in total. The summed E-state index contributed by atoms with van der Waals surface area (Å²) in [6.07, 6.45) is 1.38. The lowest BCUT2D eigenvalue weighted by Gasteiger charge is -2.05. The molecule has 0 radical (unpaired) electrons. The van der Waals surface area contributed by atoms with Gasteiger partial charge in [-0.2, -0.15) is 5.10 Å². The fraction of sp³-hybridized carbons (Fsp3) is 0. The van der Waals surface area contributed by atoms with E-state index in [-0.39, 0.29) is 22.7 Å². The number of ether oxygens (including phenoxy) is 1. The molecule has 0 aliphatic rings. The van der Waals surface area contributed by atoms with Gasteiger partial charge in [-0.3, -0.25) is 14.9 Å². The van der Waals surface area contributed by atoms with E-state index in [0.29, 0.717) is 11.1 Å². The van der Waals surface area contributed by atoms with Crippen LogP contribution in [0.1, 0.15) is 26.3 Å². The zero-order valence-electron chi connectivity index (χ0n) is 15.4. The van der Waals surface area contributed by atoms with Gasteiger partial charge in [0.2, 0.25) is 0 Å². The minimum atomic E-state index is -0.667. The molecule has 0 bridgehead atoms. The van der Waals surface area contributed by atoms with Crippen LogP contribution in [0.3, 0.4) is 0 Å². The van der Waals surface area contributed by atoms with Crippen molar-refractivity contribution in [2.24, 2.45) is 5.10 Å². The first-order chi connectivity index (χ1) is 14.4. The number of phenols is 1. The lowest BCUT2D eigenvalue weighted by atomic mass is 10.2. The van der Waals surface area contributed by atoms with Gasteiger partial charge in [-0.25, -0.2) is 10.2 Å². The second-order valence-electron chi connectivity index (χ2n) is 6.01. The van der Waals surface area contributed by atoms with E-state index in [4.69, 9.17) is 4.74 Å². The Morgan fingerprint density at radius 1 is 1.00 bits per heavy atom. The number of amides is 1. The van der Waals surface area contributed by atoms with E-state index in [9.17, 15) is 24.8 Å². The Labute approximate surface area is 170 Å². The third-order valence-electron chi connectivity index (χ3n) is 3.89. The number of non-ortho nitro benzene ring substituents is 1. The predicted octanol–water partition coefficient (Wildman–Crippen LogP) is 3.28. The van der Waals surface area contributed by atoms with Crippen LogP contribution in [0.25, 0.3) is 0 Å². The number of hydrogen-bond acceptors (Lipinski definition) is 7. The minimum Gasteiger partial charge on any atom is -0.508 e. The van der Waals surface area contributed by atoms with Crippen molar-refractivity contribution in [1.29, 1.82) is 0 Å². The fourth-order valence-electron chi connectivity index (χ4n) is 2.39. The molecule has 3 rings (SSSR count). The van der Waals surface area contributed by atoms with E-state index < -0.39 is 16.8 Å². The van der Waals surface area contributed by atoms with Crippen LogP contribution in [-0.2, 0) is 0 Å². The molecule has 1 amide bonds. The molecule has 3 aromatic carbocycles. The average Bonchev–Trinajstić information content (AvgIpc) is 2.74. The Hall–Kier alpha value is -4.53. The molecule has 0 fully saturated rings. The molecule has 0 saturated carbocycles. The highest BCUT2D eigenvalue weighted by atomic mass is 16.6. The number of aromatic hydroxyl groups is 1. The van der Waals surface area contributed by atoms with Gasteiger partial charge in [-0.05, 0) is 54.1 Å². The maximum atomic E-state index is 12.2. The van der Waals surface area contributed by atoms with E-state index in [1.807, 2.05) is 0 Å². The summed E-state index contributed by atoms with van der Waals surface area (Å²) >= 11 is 0. The molecule has 0 saturated heterocycles. The first-order valence-corrected chi connectivity index (χ1v) is 8.61. The van der Waals surface area contributed by atoms with Crippen LogP contribution < -0.4 is 10.2 Å². The highest BCUT2D eigenvalue weighted by Gasteiger charge is 2.11. The van der Waals surface area contributed by atoms with E-state index >= 15 is 0 Å². The molecule has 150 valence electrons. The number of hydrazone groups is 1. The number of nitrogens with one attached hydrogen (secondary N) is 1. The van der Waals surface area contributed by atoms with Crippen molar-refractivity contribution in [2.45, 2.75) is 0 Å². The van der Waals surface area contributed by atoms with Crippen LogP contribution in [0.15, 0.2) is 77.9 Å². The van der Waals surface area contributed by atoms with Crippen LogP contribution in [-0.4, -0.2) is 28.1 Å². The summed E-state index contributed by atoms with van der Waals surface area (Å²) in [5.41, 5.74) is 3.29. The molecule has 0 aliphatic heterocycles. The van der Waals surface area contributed by atoms with Crippen LogP contribution in [0, 0.1) is 10.1 Å². The molecule has 0 aliphatic carbocycles. The summed E-state index contributed by atoms with van der Waals surface area (Å²) in [4.78, 5) is 34.3. The maximum absolute atomic E-state index is 12.2. The van der Waals surface area contributed by atoms with E-state index in [1.54, 1.807) is 24.3 Å². The molecule has 9 heteroatoms. The van der Waals surface area contributed by atoms with Gasteiger partial charge < -0.3 is 9.84 Å². The first-order valence-electron chi connectivity index (χ1n) is 8.61. The lowest BCUT2D eigenvalue weighted by Crippen LogP contribution is -2.17. The van der Waals surface area contributed by atoms with Crippen molar-refractivity contribution in [1.82, 2.24) is 5.43 Å². The highest BCUT2D eigenvalue weighted by molar-refractivity contribution is 5.95. The normalized spacial score (nSPS) is 10.5. The van der Waals surface area contributed by atoms with Gasteiger partial charge in [-0.1, -0.05) is 12.1 Å². The van der Waals surface area contributed by atoms with Gasteiger partial charge in [0.05, 0.1) is 16.7 Å². The van der Waals surface area contributed by atoms with E-state index in [1.165, 1.54) is 54.7 Å². The Balaban J connectivity index is 1.61. The smallest absolute Gasteiger partial charge is 0.343 e. The number of nitrogens with zero attached hydrogens (tertiary/aromatic N) is 2. The average molecular weight is 405 g/mol. The van der Waals surface area contributed by atoms with Crippen molar-refractivity contribution < 1.29 is 24.4 Å². The minimum absolute atomic E-state index is 0.0511. The van der Waals surface area contributed by atoms with Crippen LogP contribution >= 0.6 is 0 Å². The monoisotopic (exact) mass is 405 g/mol. The first kappa shape index (κ1) is 20.2. The Bertz CT molecular complexity index is 1110. The van der Waals surface area contributed by atoms with Crippen LogP contribution in [0.2, 0.25) is 0 Å². The predicted molar refractivity (Wildman–Crippen MR) is 108 cm³/mol. The molecule has 0 heterocycles. The highest BCUT2D eigenvalue weighted by Crippen LogP contribution is 2.17. The number of carbonyl (C=O) groups excluding carboxylic acids is 2. The van der Waals surface area contributed by atoms with Crippen LogP contribution in [0.4, 0.5) is 5.69 Å². The van der Waals surface area contributed by atoms with Crippen molar-refractivity contribution >= 4 is 23.8 Å². The zero-order chi connectivity index (χ0) is 21.5. The molecule has 9 nitrogen and oxygen atoms in total. The number of hydrogen-bond donors (Lipinski definition) is 2. The van der Waals surface area contributed by atoms with Crippen molar-refractivity contribution in [2.75, 3.05) is 0 Å². The zero-order valence-corrected chi connectivity index (χ0v) is 15.4. The van der Waals surface area contributed by atoms with E-state index in [2.05, 4.69) is 10.5 Å². The third kappa shape index (κ3) is 5.26. The second-order valence-corrected chi connectivity index (χ2v) is 6.01. The summed E-state index contributed by atoms with van der Waals surface area (Å²) in [5.74, 6) is -0.825. The molecular weight excluding hydrogens is 390 g/mol. The topological polar surface area (TPSA) is 131 Å². The number of benzene rings is 3. The number of esters is 1. The molecular formula is C21H15N3O6. The molecule has 0 aromatic heterocycles. The van der Waals surface area contributed by atoms with Crippen LogP contribution in [0.5, 0.6) is 11.5 Å². The molecule has 0 spiro atoms. The number of phenolic OH excluding ortho intramolecular Hbond substituents is 1. The Morgan fingerprint density at radius 3 is 2.33 bits per heavy atom. The van der Waals surface area contributed by atoms with Gasteiger partial charge in [0, 0.05) is 17.7 Å². The number of nitro groups is 1.